The van der Waals surface area contributed by atoms with Crippen molar-refractivity contribution in [3.05, 3.63) is 18.3 Å². The second-order valence-corrected chi connectivity index (χ2v) is 3.75. The van der Waals surface area contributed by atoms with Gasteiger partial charge in [0.1, 0.15) is 5.82 Å². The summed E-state index contributed by atoms with van der Waals surface area (Å²) in [6.45, 7) is 2.01. The van der Waals surface area contributed by atoms with Crippen molar-refractivity contribution < 1.29 is 0 Å². The molecule has 0 saturated heterocycles. The third kappa shape index (κ3) is 2.67. The first-order valence-corrected chi connectivity index (χ1v) is 5.08. The van der Waals surface area contributed by atoms with Crippen molar-refractivity contribution in [1.29, 1.82) is 0 Å². The molecule has 0 atom stereocenters. The van der Waals surface area contributed by atoms with Crippen LogP contribution >= 0.6 is 0 Å². The molecule has 4 heteroatoms. The molecule has 0 radical (unpaired) electrons. The van der Waals surface area contributed by atoms with E-state index in [4.69, 9.17) is 0 Å². The lowest BCUT2D eigenvalue weighted by Gasteiger charge is -2.15. The summed E-state index contributed by atoms with van der Waals surface area (Å²) in [6, 6.07) is 4.66. The van der Waals surface area contributed by atoms with Gasteiger partial charge in [-0.2, -0.15) is 5.10 Å². The van der Waals surface area contributed by atoms with Crippen LogP contribution in [0.15, 0.2) is 18.3 Å². The summed E-state index contributed by atoms with van der Waals surface area (Å²) in [4.78, 5) is 2.39. The van der Waals surface area contributed by atoms with E-state index in [-0.39, 0.29) is 0 Å². The monoisotopic (exact) mass is 192 g/mol. The average molecular weight is 192 g/mol. The number of nitrogens with zero attached hydrogens (tertiary/aromatic N) is 3. The van der Waals surface area contributed by atoms with E-state index < -0.39 is 0 Å². The van der Waals surface area contributed by atoms with Crippen LogP contribution in [0.4, 0.5) is 5.82 Å². The van der Waals surface area contributed by atoms with Crippen molar-refractivity contribution >= 4 is 5.82 Å². The third-order valence-corrected chi connectivity index (χ3v) is 2.51. The maximum absolute atomic E-state index is 3.96. The maximum Gasteiger partial charge on any atom is 0.148 e. The predicted octanol–water partition coefficient (Wildman–Crippen LogP) is 0.983. The number of hydrogen-bond acceptors (Lipinski definition) is 4. The molecule has 0 bridgehead atoms. The Balaban J connectivity index is 1.67. The largest absolute Gasteiger partial charge is 0.367 e. The Kier molecular flexibility index (Phi) is 2.93. The zero-order valence-electron chi connectivity index (χ0n) is 8.48. The van der Waals surface area contributed by atoms with Gasteiger partial charge in [-0.1, -0.05) is 0 Å². The molecule has 0 amide bonds. The van der Waals surface area contributed by atoms with Gasteiger partial charge >= 0.3 is 0 Å². The lowest BCUT2D eigenvalue weighted by Crippen LogP contribution is -2.27. The molecule has 2 rings (SSSR count). The van der Waals surface area contributed by atoms with Gasteiger partial charge in [0.25, 0.3) is 0 Å². The first-order chi connectivity index (χ1) is 6.86. The first kappa shape index (κ1) is 9.40. The summed E-state index contributed by atoms with van der Waals surface area (Å²) in [7, 11) is 2.18. The van der Waals surface area contributed by atoms with Crippen molar-refractivity contribution in [1.82, 2.24) is 15.1 Å². The number of anilines is 1. The van der Waals surface area contributed by atoms with E-state index in [0.717, 1.165) is 24.9 Å². The summed E-state index contributed by atoms with van der Waals surface area (Å²) >= 11 is 0. The second-order valence-electron chi connectivity index (χ2n) is 3.75. The van der Waals surface area contributed by atoms with Gasteiger partial charge in [0.2, 0.25) is 0 Å². The molecule has 14 heavy (non-hydrogen) atoms. The molecule has 1 N–H and O–H groups in total. The molecule has 0 unspecified atom stereocenters. The van der Waals surface area contributed by atoms with E-state index in [1.165, 1.54) is 12.8 Å². The highest BCUT2D eigenvalue weighted by molar-refractivity contribution is 5.31. The predicted molar refractivity (Wildman–Crippen MR) is 56.2 cm³/mol. The van der Waals surface area contributed by atoms with Crippen LogP contribution in [0, 0.1) is 0 Å². The topological polar surface area (TPSA) is 41.0 Å². The smallest absolute Gasteiger partial charge is 0.148 e. The molecule has 1 aromatic rings. The summed E-state index contributed by atoms with van der Waals surface area (Å²) in [5, 5.41) is 11.0. The number of nitrogens with one attached hydrogen (secondary N) is 1. The van der Waals surface area contributed by atoms with Crippen molar-refractivity contribution in [2.24, 2.45) is 0 Å². The number of hydrogen-bond donors (Lipinski definition) is 1. The van der Waals surface area contributed by atoms with E-state index in [0.29, 0.717) is 0 Å². The third-order valence-electron chi connectivity index (χ3n) is 2.51. The molecular formula is C10H16N4. The normalized spacial score (nSPS) is 15.9. The molecule has 76 valence electrons. The van der Waals surface area contributed by atoms with Crippen LogP contribution < -0.4 is 5.32 Å². The Morgan fingerprint density at radius 1 is 1.57 bits per heavy atom. The Bertz CT molecular complexity index is 271. The summed E-state index contributed by atoms with van der Waals surface area (Å²) < 4.78 is 0. The van der Waals surface area contributed by atoms with Crippen molar-refractivity contribution in [3.63, 3.8) is 0 Å². The molecule has 1 fully saturated rings. The second kappa shape index (κ2) is 4.37. The zero-order chi connectivity index (χ0) is 9.80. The van der Waals surface area contributed by atoms with E-state index in [1.54, 1.807) is 6.20 Å². The highest BCUT2D eigenvalue weighted by Gasteiger charge is 2.25. The van der Waals surface area contributed by atoms with Gasteiger partial charge in [-0.25, -0.2) is 0 Å². The molecule has 0 aromatic carbocycles. The molecule has 1 aromatic heterocycles. The quantitative estimate of drug-likeness (QED) is 0.755. The molecule has 4 nitrogen and oxygen atoms in total. The molecule has 1 aliphatic carbocycles. The molecule has 1 aliphatic rings. The Morgan fingerprint density at radius 3 is 3.07 bits per heavy atom. The minimum absolute atomic E-state index is 0.832. The number of rotatable bonds is 5. The van der Waals surface area contributed by atoms with E-state index in [2.05, 4.69) is 27.5 Å². The lowest BCUT2D eigenvalue weighted by atomic mass is 10.4. The maximum atomic E-state index is 3.96. The Hall–Kier alpha value is -1.16. The summed E-state index contributed by atoms with van der Waals surface area (Å²) in [5.74, 6) is 0.858. The van der Waals surface area contributed by atoms with Crippen molar-refractivity contribution in [3.8, 4) is 0 Å². The first-order valence-electron chi connectivity index (χ1n) is 5.08. The SMILES string of the molecule is CN(CCNc1cccnn1)C1CC1. The molecular weight excluding hydrogens is 176 g/mol. The van der Waals surface area contributed by atoms with Crippen LogP contribution in [0.2, 0.25) is 0 Å². The van der Waals surface area contributed by atoms with Gasteiger partial charge in [0.05, 0.1) is 0 Å². The van der Waals surface area contributed by atoms with E-state index in [1.807, 2.05) is 12.1 Å². The number of likely N-dealkylation sites (N-methyl/N-ethyl adjacent to an activating group) is 1. The van der Waals surface area contributed by atoms with Crippen LogP contribution in [0.25, 0.3) is 0 Å². The molecule has 0 aliphatic heterocycles. The molecule has 1 saturated carbocycles. The van der Waals surface area contributed by atoms with Gasteiger partial charge in [0.15, 0.2) is 0 Å². The van der Waals surface area contributed by atoms with Gasteiger partial charge in [-0.15, -0.1) is 5.10 Å². The van der Waals surface area contributed by atoms with Gasteiger partial charge in [-0.3, -0.25) is 0 Å². The summed E-state index contributed by atoms with van der Waals surface area (Å²) in [6.07, 6.45) is 4.41. The fourth-order valence-electron chi connectivity index (χ4n) is 1.45. The fraction of sp³-hybridized carbons (Fsp3) is 0.600. The highest BCUT2D eigenvalue weighted by Crippen LogP contribution is 2.24. The summed E-state index contributed by atoms with van der Waals surface area (Å²) in [5.41, 5.74) is 0. The molecule has 1 heterocycles. The van der Waals surface area contributed by atoms with E-state index in [9.17, 15) is 0 Å². The van der Waals surface area contributed by atoms with Crippen LogP contribution in [-0.4, -0.2) is 41.3 Å². The van der Waals surface area contributed by atoms with Gasteiger partial charge in [-0.05, 0) is 32.0 Å². The molecule has 0 spiro atoms. The van der Waals surface area contributed by atoms with Crippen LogP contribution in [0.5, 0.6) is 0 Å². The van der Waals surface area contributed by atoms with Gasteiger partial charge < -0.3 is 10.2 Å². The fourth-order valence-corrected chi connectivity index (χ4v) is 1.45. The lowest BCUT2D eigenvalue weighted by molar-refractivity contribution is 0.337. The van der Waals surface area contributed by atoms with E-state index >= 15 is 0 Å². The van der Waals surface area contributed by atoms with Crippen LogP contribution in [-0.2, 0) is 0 Å². The van der Waals surface area contributed by atoms with Crippen LogP contribution in [0.1, 0.15) is 12.8 Å². The van der Waals surface area contributed by atoms with Crippen molar-refractivity contribution in [2.45, 2.75) is 18.9 Å². The standard InChI is InChI=1S/C10H16N4/c1-14(9-4-5-9)8-7-11-10-3-2-6-12-13-10/h2-3,6,9H,4-5,7-8H2,1H3,(H,11,13). The Labute approximate surface area is 84.3 Å². The zero-order valence-corrected chi connectivity index (χ0v) is 8.48. The van der Waals surface area contributed by atoms with Crippen LogP contribution in [0.3, 0.4) is 0 Å². The average Bonchev–Trinajstić information content (AvgIpc) is 3.02. The van der Waals surface area contributed by atoms with Gasteiger partial charge in [0, 0.05) is 25.3 Å². The minimum Gasteiger partial charge on any atom is -0.367 e. The number of aromatic nitrogens is 2. The highest BCUT2D eigenvalue weighted by atomic mass is 15.2. The Morgan fingerprint density at radius 2 is 2.43 bits per heavy atom. The minimum atomic E-state index is 0.832. The van der Waals surface area contributed by atoms with Crippen molar-refractivity contribution in [2.75, 3.05) is 25.5 Å².